The third-order valence-corrected chi connectivity index (χ3v) is 4.09. The van der Waals surface area contributed by atoms with Crippen LogP contribution in [0.15, 0.2) is 29.2 Å². The Morgan fingerprint density at radius 1 is 1.30 bits per heavy atom. The molecule has 1 unspecified atom stereocenters. The van der Waals surface area contributed by atoms with Crippen LogP contribution in [0.1, 0.15) is 20.3 Å². The van der Waals surface area contributed by atoms with Crippen molar-refractivity contribution in [3.05, 3.63) is 24.3 Å². The predicted octanol–water partition coefficient (Wildman–Crippen LogP) is 1.22. The number of rotatable bonds is 8. The highest BCUT2D eigenvalue weighted by Crippen LogP contribution is 2.17. The highest BCUT2D eigenvalue weighted by molar-refractivity contribution is 7.90. The van der Waals surface area contributed by atoms with Gasteiger partial charge in [0.1, 0.15) is 12.4 Å². The average molecular weight is 301 g/mol. The van der Waals surface area contributed by atoms with E-state index in [9.17, 15) is 13.5 Å². The lowest BCUT2D eigenvalue weighted by molar-refractivity contribution is 0.116. The molecule has 0 aliphatic heterocycles. The fourth-order valence-corrected chi connectivity index (χ4v) is 2.24. The Hall–Kier alpha value is -1.11. The minimum Gasteiger partial charge on any atom is -0.492 e. The molecule has 0 bridgehead atoms. The molecule has 1 atom stereocenters. The van der Waals surface area contributed by atoms with Gasteiger partial charge in [-0.1, -0.05) is 6.92 Å². The highest BCUT2D eigenvalue weighted by Gasteiger charge is 2.23. The van der Waals surface area contributed by atoms with Crippen LogP contribution in [0.2, 0.25) is 0 Å². The molecule has 6 heteroatoms. The largest absolute Gasteiger partial charge is 0.492 e. The first-order chi connectivity index (χ1) is 9.30. The van der Waals surface area contributed by atoms with E-state index in [1.807, 2.05) is 6.92 Å². The van der Waals surface area contributed by atoms with Crippen molar-refractivity contribution >= 4 is 9.84 Å². The standard InChI is InChI=1S/C14H23NO4S/c1-4-9-15-14(2,10-16)11-19-12-5-7-13(8-6-12)20(3,17)18/h5-8,15-16H,4,9-11H2,1-3H3. The maximum Gasteiger partial charge on any atom is 0.175 e. The first-order valence-electron chi connectivity index (χ1n) is 6.59. The zero-order valence-corrected chi connectivity index (χ0v) is 13.0. The minimum absolute atomic E-state index is 0.0333. The first kappa shape index (κ1) is 16.9. The van der Waals surface area contributed by atoms with Gasteiger partial charge < -0.3 is 15.2 Å². The predicted molar refractivity (Wildman–Crippen MR) is 78.8 cm³/mol. The zero-order chi connectivity index (χ0) is 15.2. The molecule has 0 fully saturated rings. The summed E-state index contributed by atoms with van der Waals surface area (Å²) in [4.78, 5) is 0.263. The number of nitrogens with one attached hydrogen (secondary N) is 1. The van der Waals surface area contributed by atoms with Crippen LogP contribution in [0, 0.1) is 0 Å². The highest BCUT2D eigenvalue weighted by atomic mass is 32.2. The zero-order valence-electron chi connectivity index (χ0n) is 12.2. The van der Waals surface area contributed by atoms with Crippen molar-refractivity contribution in [2.45, 2.75) is 30.7 Å². The van der Waals surface area contributed by atoms with Crippen LogP contribution in [-0.2, 0) is 9.84 Å². The normalized spacial score (nSPS) is 14.8. The van der Waals surface area contributed by atoms with Gasteiger partial charge in [-0.2, -0.15) is 0 Å². The number of hydrogen-bond acceptors (Lipinski definition) is 5. The summed E-state index contributed by atoms with van der Waals surface area (Å²) in [5.74, 6) is 0.579. The van der Waals surface area contributed by atoms with Crippen LogP contribution < -0.4 is 10.1 Å². The van der Waals surface area contributed by atoms with Crippen molar-refractivity contribution in [1.82, 2.24) is 5.32 Å². The third kappa shape index (κ3) is 5.11. The monoisotopic (exact) mass is 301 g/mol. The summed E-state index contributed by atoms with van der Waals surface area (Å²) < 4.78 is 28.3. The summed E-state index contributed by atoms with van der Waals surface area (Å²) in [6, 6.07) is 6.27. The van der Waals surface area contributed by atoms with E-state index in [4.69, 9.17) is 4.74 Å². The summed E-state index contributed by atoms with van der Waals surface area (Å²) in [5.41, 5.74) is -0.508. The van der Waals surface area contributed by atoms with Crippen molar-refractivity contribution in [2.24, 2.45) is 0 Å². The number of sulfone groups is 1. The fourth-order valence-electron chi connectivity index (χ4n) is 1.61. The van der Waals surface area contributed by atoms with Crippen molar-refractivity contribution in [3.8, 4) is 5.75 Å². The maximum absolute atomic E-state index is 11.3. The van der Waals surface area contributed by atoms with E-state index in [0.29, 0.717) is 12.4 Å². The smallest absolute Gasteiger partial charge is 0.175 e. The van der Waals surface area contributed by atoms with Gasteiger partial charge in [-0.05, 0) is 44.2 Å². The topological polar surface area (TPSA) is 75.6 Å². The molecule has 0 saturated carbocycles. The molecule has 114 valence electrons. The van der Waals surface area contributed by atoms with E-state index in [0.717, 1.165) is 13.0 Å². The molecule has 20 heavy (non-hydrogen) atoms. The number of hydrogen-bond donors (Lipinski definition) is 2. The van der Waals surface area contributed by atoms with Gasteiger partial charge in [-0.3, -0.25) is 0 Å². The molecule has 0 heterocycles. The minimum atomic E-state index is -3.19. The summed E-state index contributed by atoms with van der Waals surface area (Å²) in [7, 11) is -3.19. The molecule has 0 aliphatic rings. The van der Waals surface area contributed by atoms with Gasteiger partial charge in [-0.15, -0.1) is 0 Å². The van der Waals surface area contributed by atoms with E-state index >= 15 is 0 Å². The molecule has 1 aromatic rings. The van der Waals surface area contributed by atoms with Crippen LogP contribution >= 0.6 is 0 Å². The van der Waals surface area contributed by atoms with E-state index in [2.05, 4.69) is 12.2 Å². The number of ether oxygens (including phenoxy) is 1. The molecule has 0 aromatic heterocycles. The Labute approximate surface area is 120 Å². The lowest BCUT2D eigenvalue weighted by atomic mass is 10.1. The molecular formula is C14H23NO4S. The lowest BCUT2D eigenvalue weighted by Crippen LogP contribution is -2.50. The van der Waals surface area contributed by atoms with Crippen molar-refractivity contribution < 1.29 is 18.3 Å². The number of aliphatic hydroxyl groups excluding tert-OH is 1. The molecule has 2 N–H and O–H groups in total. The Morgan fingerprint density at radius 3 is 2.35 bits per heavy atom. The number of aliphatic hydroxyl groups is 1. The van der Waals surface area contributed by atoms with Crippen LogP contribution in [0.5, 0.6) is 5.75 Å². The van der Waals surface area contributed by atoms with E-state index in [1.165, 1.54) is 18.4 Å². The van der Waals surface area contributed by atoms with Gasteiger partial charge in [0, 0.05) is 6.26 Å². The Kier molecular flexibility index (Phi) is 5.98. The van der Waals surface area contributed by atoms with Gasteiger partial charge in [0.2, 0.25) is 0 Å². The molecule has 0 aliphatic carbocycles. The Morgan fingerprint density at radius 2 is 1.90 bits per heavy atom. The van der Waals surface area contributed by atoms with Gasteiger partial charge in [-0.25, -0.2) is 8.42 Å². The van der Waals surface area contributed by atoms with Crippen LogP contribution in [0.3, 0.4) is 0 Å². The second-order valence-corrected chi connectivity index (χ2v) is 7.19. The van der Waals surface area contributed by atoms with Crippen LogP contribution in [0.25, 0.3) is 0 Å². The van der Waals surface area contributed by atoms with Gasteiger partial charge in [0.15, 0.2) is 9.84 Å². The van der Waals surface area contributed by atoms with Gasteiger partial charge in [0.05, 0.1) is 17.0 Å². The first-order valence-corrected chi connectivity index (χ1v) is 8.49. The van der Waals surface area contributed by atoms with Crippen molar-refractivity contribution in [1.29, 1.82) is 0 Å². The van der Waals surface area contributed by atoms with Crippen molar-refractivity contribution in [2.75, 3.05) is 26.0 Å². The molecule has 0 amide bonds. The second-order valence-electron chi connectivity index (χ2n) is 5.18. The number of benzene rings is 1. The summed E-state index contributed by atoms with van der Waals surface area (Å²) in [6.45, 7) is 5.01. The third-order valence-electron chi connectivity index (χ3n) is 2.96. The molecule has 0 saturated heterocycles. The molecule has 1 rings (SSSR count). The molecule has 0 spiro atoms. The quantitative estimate of drug-likeness (QED) is 0.755. The summed E-state index contributed by atoms with van der Waals surface area (Å²) in [5, 5.41) is 12.6. The second kappa shape index (κ2) is 7.06. The van der Waals surface area contributed by atoms with Gasteiger partial charge >= 0.3 is 0 Å². The molecule has 5 nitrogen and oxygen atoms in total. The Bertz CT molecular complexity index is 512. The SMILES string of the molecule is CCCNC(C)(CO)COc1ccc(S(C)(=O)=O)cc1. The van der Waals surface area contributed by atoms with Gasteiger partial charge in [0.25, 0.3) is 0 Å². The average Bonchev–Trinajstić information content (AvgIpc) is 2.42. The molecular weight excluding hydrogens is 278 g/mol. The molecule has 0 radical (unpaired) electrons. The van der Waals surface area contributed by atoms with Crippen LogP contribution in [-0.4, -0.2) is 45.1 Å². The summed E-state index contributed by atoms with van der Waals surface area (Å²) >= 11 is 0. The maximum atomic E-state index is 11.3. The van der Waals surface area contributed by atoms with E-state index in [-0.39, 0.29) is 11.5 Å². The lowest BCUT2D eigenvalue weighted by Gasteiger charge is -2.28. The van der Waals surface area contributed by atoms with E-state index in [1.54, 1.807) is 12.1 Å². The Balaban J connectivity index is 2.65. The van der Waals surface area contributed by atoms with Crippen LogP contribution in [0.4, 0.5) is 0 Å². The molecule has 1 aromatic carbocycles. The van der Waals surface area contributed by atoms with E-state index < -0.39 is 15.4 Å². The summed E-state index contributed by atoms with van der Waals surface area (Å²) in [6.07, 6.45) is 2.14. The van der Waals surface area contributed by atoms with Crippen molar-refractivity contribution in [3.63, 3.8) is 0 Å². The fraction of sp³-hybridized carbons (Fsp3) is 0.571.